The van der Waals surface area contributed by atoms with Gasteiger partial charge in [-0.3, -0.25) is 9.48 Å². The van der Waals surface area contributed by atoms with Crippen molar-refractivity contribution in [1.29, 1.82) is 0 Å². The fourth-order valence-electron chi connectivity index (χ4n) is 1.89. The summed E-state index contributed by atoms with van der Waals surface area (Å²) in [6.45, 7) is 2.67. The van der Waals surface area contributed by atoms with Crippen molar-refractivity contribution >= 4 is 11.7 Å². The largest absolute Gasteiger partial charge is 0.358 e. The third-order valence-corrected chi connectivity index (χ3v) is 2.81. The highest BCUT2D eigenvalue weighted by Gasteiger charge is 2.18. The first-order chi connectivity index (χ1) is 10.1. The van der Waals surface area contributed by atoms with Crippen molar-refractivity contribution in [3.63, 3.8) is 0 Å². The number of rotatable bonds is 7. The molecular formula is C12H16N6O3. The van der Waals surface area contributed by atoms with E-state index in [9.17, 15) is 14.9 Å². The van der Waals surface area contributed by atoms with Gasteiger partial charge in [0.25, 0.3) is 5.91 Å². The minimum Gasteiger partial charge on any atom is -0.358 e. The molecule has 0 aliphatic rings. The smallest absolute Gasteiger partial charge is 0.345 e. The number of carbonyl (C=O) groups is 1. The van der Waals surface area contributed by atoms with Crippen molar-refractivity contribution in [2.45, 2.75) is 26.4 Å². The van der Waals surface area contributed by atoms with Crippen LogP contribution in [0.2, 0.25) is 0 Å². The highest BCUT2D eigenvalue weighted by molar-refractivity contribution is 5.75. The Morgan fingerprint density at radius 1 is 1.52 bits per heavy atom. The van der Waals surface area contributed by atoms with Crippen LogP contribution in [0.1, 0.15) is 12.1 Å². The lowest BCUT2D eigenvalue weighted by Crippen LogP contribution is -2.29. The molecule has 2 rings (SSSR count). The van der Waals surface area contributed by atoms with E-state index in [1.54, 1.807) is 17.8 Å². The third-order valence-electron chi connectivity index (χ3n) is 2.81. The number of nitrogens with one attached hydrogen (secondary N) is 1. The Hall–Kier alpha value is -2.71. The molecule has 1 amide bonds. The first-order valence-electron chi connectivity index (χ1n) is 6.49. The minimum atomic E-state index is -0.551. The lowest BCUT2D eigenvalue weighted by molar-refractivity contribution is -0.392. The van der Waals surface area contributed by atoms with Gasteiger partial charge < -0.3 is 15.4 Å². The number of carbonyl (C=O) groups excluding carboxylic acids is 1. The molecule has 0 unspecified atom stereocenters. The van der Waals surface area contributed by atoms with Crippen LogP contribution in [-0.4, -0.2) is 36.9 Å². The van der Waals surface area contributed by atoms with Gasteiger partial charge in [0.15, 0.2) is 6.54 Å². The predicted octanol–water partition coefficient (Wildman–Crippen LogP) is 0.503. The molecule has 0 bridgehead atoms. The Bertz CT molecular complexity index is 619. The van der Waals surface area contributed by atoms with Crippen molar-refractivity contribution < 1.29 is 9.72 Å². The average Bonchev–Trinajstić information content (AvgIpc) is 3.04. The van der Waals surface area contributed by atoms with Gasteiger partial charge in [0.05, 0.1) is 11.8 Å². The molecule has 112 valence electrons. The van der Waals surface area contributed by atoms with E-state index in [0.29, 0.717) is 18.8 Å². The summed E-state index contributed by atoms with van der Waals surface area (Å²) >= 11 is 0. The molecule has 0 saturated carbocycles. The summed E-state index contributed by atoms with van der Waals surface area (Å²) in [5, 5.41) is 21.5. The van der Waals surface area contributed by atoms with Crippen molar-refractivity contribution in [1.82, 2.24) is 24.9 Å². The van der Waals surface area contributed by atoms with Crippen LogP contribution < -0.4 is 5.32 Å². The topological polar surface area (TPSA) is 108 Å². The van der Waals surface area contributed by atoms with Gasteiger partial charge in [-0.2, -0.15) is 5.10 Å². The SMILES string of the molecule is Cc1cc([N+](=O)[O-])n(CC(=O)NCCCn2cccn2)n1. The molecule has 0 aliphatic heterocycles. The van der Waals surface area contributed by atoms with E-state index in [0.717, 1.165) is 11.1 Å². The van der Waals surface area contributed by atoms with Gasteiger partial charge in [0, 0.05) is 25.5 Å². The van der Waals surface area contributed by atoms with Gasteiger partial charge in [-0.15, -0.1) is 4.68 Å². The fourth-order valence-corrected chi connectivity index (χ4v) is 1.89. The maximum absolute atomic E-state index is 11.7. The molecule has 0 aromatic carbocycles. The van der Waals surface area contributed by atoms with E-state index < -0.39 is 4.92 Å². The van der Waals surface area contributed by atoms with Gasteiger partial charge in [0.2, 0.25) is 0 Å². The Morgan fingerprint density at radius 2 is 2.33 bits per heavy atom. The summed E-state index contributed by atoms with van der Waals surface area (Å²) < 4.78 is 2.87. The first kappa shape index (κ1) is 14.7. The van der Waals surface area contributed by atoms with Crippen LogP contribution in [0.25, 0.3) is 0 Å². The average molecular weight is 292 g/mol. The van der Waals surface area contributed by atoms with Gasteiger partial charge in [0.1, 0.15) is 0 Å². The van der Waals surface area contributed by atoms with Crippen LogP contribution in [0.4, 0.5) is 5.82 Å². The van der Waals surface area contributed by atoms with Crippen LogP contribution in [-0.2, 0) is 17.9 Å². The summed E-state index contributed by atoms with van der Waals surface area (Å²) in [5.74, 6) is -0.485. The number of amides is 1. The first-order valence-corrected chi connectivity index (χ1v) is 6.49. The Kier molecular flexibility index (Phi) is 4.64. The molecule has 0 aliphatic carbocycles. The Labute approximate surface area is 120 Å². The summed E-state index contributed by atoms with van der Waals surface area (Å²) in [4.78, 5) is 22.0. The zero-order valence-electron chi connectivity index (χ0n) is 11.6. The van der Waals surface area contributed by atoms with Gasteiger partial charge in [-0.1, -0.05) is 5.10 Å². The molecule has 0 radical (unpaired) electrons. The molecule has 9 nitrogen and oxygen atoms in total. The van der Waals surface area contributed by atoms with E-state index in [1.807, 2.05) is 12.3 Å². The number of aromatic nitrogens is 4. The molecule has 2 heterocycles. The number of nitrogens with zero attached hydrogens (tertiary/aromatic N) is 5. The summed E-state index contributed by atoms with van der Waals surface area (Å²) in [6, 6.07) is 3.17. The zero-order valence-corrected chi connectivity index (χ0v) is 11.6. The van der Waals surface area contributed by atoms with Crippen LogP contribution in [0.3, 0.4) is 0 Å². The van der Waals surface area contributed by atoms with Crippen LogP contribution in [0.15, 0.2) is 24.5 Å². The number of hydrogen-bond donors (Lipinski definition) is 1. The van der Waals surface area contributed by atoms with Crippen LogP contribution in [0.5, 0.6) is 0 Å². The molecule has 9 heteroatoms. The number of aryl methyl sites for hydroxylation is 2. The van der Waals surface area contributed by atoms with Crippen LogP contribution in [0, 0.1) is 17.0 Å². The predicted molar refractivity (Wildman–Crippen MR) is 73.5 cm³/mol. The monoisotopic (exact) mass is 292 g/mol. The molecule has 1 N–H and O–H groups in total. The molecule has 0 fully saturated rings. The number of nitro groups is 1. The normalized spacial score (nSPS) is 10.5. The number of hydrogen-bond acceptors (Lipinski definition) is 5. The van der Waals surface area contributed by atoms with Crippen molar-refractivity contribution in [2.24, 2.45) is 0 Å². The standard InChI is InChI=1S/C12H16N6O3/c1-10-8-12(18(20)21)17(15-10)9-11(19)13-4-2-6-16-7-3-5-14-16/h3,5,7-8H,2,4,6,9H2,1H3,(H,13,19). The highest BCUT2D eigenvalue weighted by atomic mass is 16.6. The Balaban J connectivity index is 1.78. The molecule has 0 spiro atoms. The maximum atomic E-state index is 11.7. The molecule has 21 heavy (non-hydrogen) atoms. The van der Waals surface area contributed by atoms with E-state index in [4.69, 9.17) is 0 Å². The third kappa shape index (κ3) is 4.13. The second-order valence-corrected chi connectivity index (χ2v) is 4.53. The Morgan fingerprint density at radius 3 is 3.00 bits per heavy atom. The lowest BCUT2D eigenvalue weighted by atomic mass is 10.4. The summed E-state index contributed by atoms with van der Waals surface area (Å²) in [7, 11) is 0. The second-order valence-electron chi connectivity index (χ2n) is 4.53. The van der Waals surface area contributed by atoms with Gasteiger partial charge in [-0.25, -0.2) is 0 Å². The highest BCUT2D eigenvalue weighted by Crippen LogP contribution is 2.12. The van der Waals surface area contributed by atoms with Crippen molar-refractivity contribution in [3.05, 3.63) is 40.3 Å². The van der Waals surface area contributed by atoms with Gasteiger partial charge in [-0.05, 0) is 24.3 Å². The lowest BCUT2D eigenvalue weighted by Gasteiger charge is -2.04. The van der Waals surface area contributed by atoms with Crippen molar-refractivity contribution in [3.8, 4) is 0 Å². The van der Waals surface area contributed by atoms with Crippen LogP contribution >= 0.6 is 0 Å². The molecular weight excluding hydrogens is 276 g/mol. The van der Waals surface area contributed by atoms with Gasteiger partial charge >= 0.3 is 5.82 Å². The minimum absolute atomic E-state index is 0.161. The second kappa shape index (κ2) is 6.64. The van der Waals surface area contributed by atoms with E-state index in [2.05, 4.69) is 15.5 Å². The zero-order chi connectivity index (χ0) is 15.2. The molecule has 2 aromatic rings. The molecule has 0 saturated heterocycles. The van der Waals surface area contributed by atoms with E-state index in [1.165, 1.54) is 6.07 Å². The quantitative estimate of drug-likeness (QED) is 0.454. The maximum Gasteiger partial charge on any atom is 0.345 e. The summed E-state index contributed by atoms with van der Waals surface area (Å²) in [5.41, 5.74) is 0.508. The molecule has 0 atom stereocenters. The van der Waals surface area contributed by atoms with Crippen molar-refractivity contribution in [2.75, 3.05) is 6.54 Å². The summed E-state index contributed by atoms with van der Waals surface area (Å²) in [6.07, 6.45) is 4.27. The van der Waals surface area contributed by atoms with E-state index >= 15 is 0 Å². The van der Waals surface area contributed by atoms with E-state index in [-0.39, 0.29) is 18.3 Å². The molecule has 2 aromatic heterocycles. The fraction of sp³-hybridized carbons (Fsp3) is 0.417.